The van der Waals surface area contributed by atoms with Crippen molar-refractivity contribution in [1.29, 1.82) is 0 Å². The highest BCUT2D eigenvalue weighted by molar-refractivity contribution is 5.92. The van der Waals surface area contributed by atoms with Crippen LogP contribution in [0.5, 0.6) is 0 Å². The second kappa shape index (κ2) is 11.9. The molecule has 4 rings (SSSR count). The Kier molecular flexibility index (Phi) is 8.55. The first-order valence-corrected chi connectivity index (χ1v) is 13.2. The lowest BCUT2D eigenvalue weighted by molar-refractivity contribution is -0.137. The molecule has 39 heavy (non-hydrogen) atoms. The van der Waals surface area contributed by atoms with Crippen molar-refractivity contribution in [3.63, 3.8) is 0 Å². The number of likely N-dealkylation sites (tertiary alicyclic amines) is 1. The predicted molar refractivity (Wildman–Crippen MR) is 150 cm³/mol. The van der Waals surface area contributed by atoms with Gasteiger partial charge in [-0.3, -0.25) is 14.5 Å². The Morgan fingerprint density at radius 1 is 1.00 bits per heavy atom. The molecule has 8 heteroatoms. The minimum absolute atomic E-state index is 0.00972. The molecule has 0 saturated carbocycles. The van der Waals surface area contributed by atoms with Crippen molar-refractivity contribution in [1.82, 2.24) is 15.1 Å². The molecule has 3 aromatic rings. The van der Waals surface area contributed by atoms with Crippen LogP contribution >= 0.6 is 0 Å². The van der Waals surface area contributed by atoms with Crippen LogP contribution in [0, 0.1) is 0 Å². The van der Waals surface area contributed by atoms with Crippen molar-refractivity contribution >= 4 is 28.7 Å². The zero-order chi connectivity index (χ0) is 28.2. The van der Waals surface area contributed by atoms with E-state index in [-0.39, 0.29) is 25.3 Å². The summed E-state index contributed by atoms with van der Waals surface area (Å²) in [6.45, 7) is 5.61. The van der Waals surface area contributed by atoms with Crippen LogP contribution < -0.4 is 5.32 Å². The molecule has 0 unspecified atom stereocenters. The van der Waals surface area contributed by atoms with Gasteiger partial charge in [0.05, 0.1) is 12.6 Å². The molecule has 3 atom stereocenters. The largest absolute Gasteiger partial charge is 0.444 e. The Balaban J connectivity index is 1.56. The minimum atomic E-state index is -0.943. The summed E-state index contributed by atoms with van der Waals surface area (Å²) in [4.78, 5) is 42.9. The van der Waals surface area contributed by atoms with Crippen LogP contribution in [-0.4, -0.2) is 70.2 Å². The number of carbonyl (C=O) groups is 3. The summed E-state index contributed by atoms with van der Waals surface area (Å²) >= 11 is 0. The van der Waals surface area contributed by atoms with E-state index in [2.05, 4.69) is 5.32 Å². The Morgan fingerprint density at radius 2 is 1.67 bits per heavy atom. The molecular formula is C31H37N3O5. The number of nitrogens with one attached hydrogen (secondary N) is 1. The third-order valence-corrected chi connectivity index (χ3v) is 6.72. The number of hydrogen-bond acceptors (Lipinski definition) is 5. The van der Waals surface area contributed by atoms with Gasteiger partial charge in [0.25, 0.3) is 0 Å². The van der Waals surface area contributed by atoms with Crippen molar-refractivity contribution in [2.75, 3.05) is 13.6 Å². The van der Waals surface area contributed by atoms with Crippen LogP contribution in [0.25, 0.3) is 10.8 Å². The zero-order valence-corrected chi connectivity index (χ0v) is 23.0. The fourth-order valence-corrected chi connectivity index (χ4v) is 4.86. The van der Waals surface area contributed by atoms with E-state index in [9.17, 15) is 19.5 Å². The van der Waals surface area contributed by atoms with Gasteiger partial charge >= 0.3 is 6.09 Å². The van der Waals surface area contributed by atoms with Gasteiger partial charge in [0.2, 0.25) is 11.8 Å². The van der Waals surface area contributed by atoms with E-state index in [0.717, 1.165) is 21.9 Å². The number of ether oxygens (including phenoxy) is 1. The summed E-state index contributed by atoms with van der Waals surface area (Å²) < 4.78 is 5.46. The van der Waals surface area contributed by atoms with Gasteiger partial charge in [0.1, 0.15) is 17.7 Å². The van der Waals surface area contributed by atoms with E-state index in [1.54, 1.807) is 32.7 Å². The molecule has 3 aromatic carbocycles. The molecule has 0 radical (unpaired) electrons. The summed E-state index contributed by atoms with van der Waals surface area (Å²) in [5.41, 5.74) is 1.12. The first kappa shape index (κ1) is 28.1. The molecule has 1 fully saturated rings. The number of aliphatic hydroxyl groups excluding tert-OH is 1. The Bertz CT molecular complexity index is 1320. The predicted octanol–water partition coefficient (Wildman–Crippen LogP) is 3.90. The van der Waals surface area contributed by atoms with E-state index >= 15 is 0 Å². The number of β-amino-alcohol motifs (C(OH)–C–C–N with tert-alkyl or cyclic N) is 1. The number of likely N-dealkylation sites (N-methyl/N-ethyl adjacent to an activating group) is 1. The van der Waals surface area contributed by atoms with Crippen LogP contribution in [0.3, 0.4) is 0 Å². The van der Waals surface area contributed by atoms with Gasteiger partial charge in [0, 0.05) is 26.4 Å². The normalized spacial score (nSPS) is 18.0. The van der Waals surface area contributed by atoms with Crippen LogP contribution in [0.2, 0.25) is 0 Å². The number of benzene rings is 3. The molecule has 2 N–H and O–H groups in total. The molecule has 0 spiro atoms. The number of fused-ring (bicyclic) bond motifs is 1. The highest BCUT2D eigenvalue weighted by Crippen LogP contribution is 2.23. The van der Waals surface area contributed by atoms with E-state index in [1.807, 2.05) is 72.8 Å². The Labute approximate surface area is 229 Å². The Morgan fingerprint density at radius 3 is 2.36 bits per heavy atom. The van der Waals surface area contributed by atoms with Gasteiger partial charge in [-0.1, -0.05) is 72.8 Å². The van der Waals surface area contributed by atoms with Gasteiger partial charge in [0.15, 0.2) is 0 Å². The van der Waals surface area contributed by atoms with Crippen LogP contribution in [0.1, 0.15) is 38.3 Å². The molecule has 1 heterocycles. The van der Waals surface area contributed by atoms with Crippen molar-refractivity contribution < 1.29 is 24.2 Å². The third kappa shape index (κ3) is 7.35. The lowest BCUT2D eigenvalue weighted by Crippen LogP contribution is -2.54. The minimum Gasteiger partial charge on any atom is -0.444 e. The highest BCUT2D eigenvalue weighted by Gasteiger charge is 2.42. The second-order valence-electron chi connectivity index (χ2n) is 11.2. The van der Waals surface area contributed by atoms with Crippen molar-refractivity contribution in [2.24, 2.45) is 0 Å². The summed E-state index contributed by atoms with van der Waals surface area (Å²) in [5.74, 6) is -0.743. The standard InChI is InChI=1S/C31H37N3O5/c1-31(2,3)39-30(38)34-20-25(35)18-27(34)28(36)32-26(29(37)33(4)19-21-10-6-5-7-11-21)17-22-14-15-23-12-8-9-13-24(23)16-22/h5-16,25-27,35H,17-20H2,1-4H3,(H,32,36)/t25-,26+,27+/m1/s1. The first-order valence-electron chi connectivity index (χ1n) is 13.2. The van der Waals surface area contributed by atoms with E-state index < -0.39 is 35.8 Å². The molecular weight excluding hydrogens is 494 g/mol. The summed E-state index contributed by atoms with van der Waals surface area (Å²) in [5, 5.41) is 15.3. The number of hydrogen-bond donors (Lipinski definition) is 2. The van der Waals surface area contributed by atoms with Gasteiger partial charge in [-0.15, -0.1) is 0 Å². The van der Waals surface area contributed by atoms with E-state index in [4.69, 9.17) is 4.74 Å². The third-order valence-electron chi connectivity index (χ3n) is 6.72. The smallest absolute Gasteiger partial charge is 0.411 e. The molecule has 0 bridgehead atoms. The average Bonchev–Trinajstić information content (AvgIpc) is 3.29. The van der Waals surface area contributed by atoms with Crippen molar-refractivity contribution in [3.05, 3.63) is 83.9 Å². The van der Waals surface area contributed by atoms with E-state index in [1.165, 1.54) is 4.90 Å². The molecule has 1 aliphatic heterocycles. The maximum absolute atomic E-state index is 13.7. The van der Waals surface area contributed by atoms with Crippen molar-refractivity contribution in [3.8, 4) is 0 Å². The highest BCUT2D eigenvalue weighted by atomic mass is 16.6. The monoisotopic (exact) mass is 531 g/mol. The van der Waals surface area contributed by atoms with Gasteiger partial charge in [-0.2, -0.15) is 0 Å². The Hall–Kier alpha value is -3.91. The number of nitrogens with zero attached hydrogens (tertiary/aromatic N) is 2. The van der Waals surface area contributed by atoms with Gasteiger partial charge in [-0.25, -0.2) is 4.79 Å². The summed E-state index contributed by atoms with van der Waals surface area (Å²) in [6.07, 6.45) is -1.18. The molecule has 206 valence electrons. The fraction of sp³-hybridized carbons (Fsp3) is 0.387. The maximum Gasteiger partial charge on any atom is 0.411 e. The summed E-state index contributed by atoms with van der Waals surface area (Å²) in [6, 6.07) is 21.8. The molecule has 0 aliphatic carbocycles. The topological polar surface area (TPSA) is 99.2 Å². The van der Waals surface area contributed by atoms with Gasteiger partial charge < -0.3 is 20.1 Å². The van der Waals surface area contributed by atoms with Crippen molar-refractivity contribution in [2.45, 2.75) is 63.9 Å². The van der Waals surface area contributed by atoms with Crippen LogP contribution in [-0.2, 0) is 27.3 Å². The first-order chi connectivity index (χ1) is 18.5. The average molecular weight is 532 g/mol. The molecule has 8 nitrogen and oxygen atoms in total. The maximum atomic E-state index is 13.7. The number of amides is 3. The second-order valence-corrected chi connectivity index (χ2v) is 11.2. The van der Waals surface area contributed by atoms with E-state index in [0.29, 0.717) is 6.54 Å². The summed E-state index contributed by atoms with van der Waals surface area (Å²) in [7, 11) is 1.71. The lowest BCUT2D eigenvalue weighted by Gasteiger charge is -2.30. The lowest BCUT2D eigenvalue weighted by atomic mass is 10.00. The zero-order valence-electron chi connectivity index (χ0n) is 23.0. The molecule has 0 aromatic heterocycles. The number of rotatable bonds is 7. The SMILES string of the molecule is CN(Cc1ccccc1)C(=O)[C@H](Cc1ccc2ccccc2c1)NC(=O)[C@@H]1C[C@@H](O)CN1C(=O)OC(C)(C)C. The fourth-order valence-electron chi connectivity index (χ4n) is 4.86. The van der Waals surface area contributed by atoms with Crippen LogP contribution in [0.15, 0.2) is 72.8 Å². The molecule has 3 amide bonds. The van der Waals surface area contributed by atoms with Gasteiger partial charge in [-0.05, 0) is 42.7 Å². The number of aliphatic hydroxyl groups is 1. The number of carbonyl (C=O) groups excluding carboxylic acids is 3. The molecule has 1 aliphatic rings. The molecule has 1 saturated heterocycles. The van der Waals surface area contributed by atoms with Crippen LogP contribution in [0.4, 0.5) is 4.79 Å². The quantitative estimate of drug-likeness (QED) is 0.482.